The Morgan fingerprint density at radius 2 is 2.21 bits per heavy atom. The van der Waals surface area contributed by atoms with Crippen molar-refractivity contribution < 1.29 is 14.3 Å². The molecule has 1 aliphatic heterocycles. The molecule has 8 nitrogen and oxygen atoms in total. The van der Waals surface area contributed by atoms with Crippen LogP contribution in [0.3, 0.4) is 0 Å². The molecule has 3 aromatic heterocycles. The van der Waals surface area contributed by atoms with Crippen LogP contribution < -0.4 is 9.47 Å². The monoisotopic (exact) mass is 409 g/mol. The summed E-state index contributed by atoms with van der Waals surface area (Å²) in [4.78, 5) is 28.3. The van der Waals surface area contributed by atoms with Crippen LogP contribution in [0, 0.1) is 11.3 Å². The molecule has 29 heavy (non-hydrogen) atoms. The Morgan fingerprint density at radius 3 is 2.97 bits per heavy atom. The molecule has 4 heterocycles. The van der Waals surface area contributed by atoms with Crippen molar-refractivity contribution in [2.24, 2.45) is 0 Å². The standard InChI is InChI=1S/C20H19N5O3S/c1-3-17(26)25-5-4-14(10-25)28-19-15-7-16(29-20(15)24-11-23-19)13-6-12(8-21)18(27-2)22-9-13/h6-7,9,11,14H,3-5,10H2,1-2H3/t14-/m0/s1. The number of nitrogens with zero attached hydrogens (tertiary/aromatic N) is 5. The van der Waals surface area contributed by atoms with E-state index in [2.05, 4.69) is 21.0 Å². The average Bonchev–Trinajstić information content (AvgIpc) is 3.40. The maximum Gasteiger partial charge on any atom is 0.231 e. The molecule has 1 aliphatic rings. The zero-order valence-corrected chi connectivity index (χ0v) is 16.9. The molecule has 0 bridgehead atoms. The molecule has 1 saturated heterocycles. The summed E-state index contributed by atoms with van der Waals surface area (Å²) in [5.41, 5.74) is 1.17. The number of aromatic nitrogens is 3. The van der Waals surface area contributed by atoms with Gasteiger partial charge in [0.1, 0.15) is 28.9 Å². The van der Waals surface area contributed by atoms with Crippen LogP contribution in [0.2, 0.25) is 0 Å². The molecular formula is C20H19N5O3S. The van der Waals surface area contributed by atoms with E-state index in [9.17, 15) is 10.1 Å². The fourth-order valence-electron chi connectivity index (χ4n) is 3.33. The first-order valence-electron chi connectivity index (χ1n) is 9.26. The number of nitriles is 1. The number of fused-ring (bicyclic) bond motifs is 1. The van der Waals surface area contributed by atoms with E-state index < -0.39 is 0 Å². The molecule has 3 aromatic rings. The van der Waals surface area contributed by atoms with Gasteiger partial charge >= 0.3 is 0 Å². The number of ether oxygens (including phenoxy) is 2. The predicted octanol–water partition coefficient (Wildman–Crippen LogP) is 3.02. The Bertz CT molecular complexity index is 1110. The Hall–Kier alpha value is -3.25. The van der Waals surface area contributed by atoms with Crippen LogP contribution in [0.25, 0.3) is 20.7 Å². The summed E-state index contributed by atoms with van der Waals surface area (Å²) in [6.45, 7) is 3.14. The summed E-state index contributed by atoms with van der Waals surface area (Å²) < 4.78 is 11.2. The zero-order chi connectivity index (χ0) is 20.4. The quantitative estimate of drug-likeness (QED) is 0.638. The Labute approximate surface area is 171 Å². The highest BCUT2D eigenvalue weighted by atomic mass is 32.1. The molecule has 0 radical (unpaired) electrons. The van der Waals surface area contributed by atoms with Crippen molar-refractivity contribution in [2.75, 3.05) is 20.2 Å². The third-order valence-electron chi connectivity index (χ3n) is 4.82. The second kappa shape index (κ2) is 8.01. The molecule has 0 spiro atoms. The highest BCUT2D eigenvalue weighted by molar-refractivity contribution is 7.21. The third kappa shape index (κ3) is 3.71. The minimum Gasteiger partial charge on any atom is -0.480 e. The molecule has 0 aliphatic carbocycles. The van der Waals surface area contributed by atoms with E-state index in [-0.39, 0.29) is 12.0 Å². The number of carbonyl (C=O) groups excluding carboxylic acids is 1. The highest BCUT2D eigenvalue weighted by Crippen LogP contribution is 2.37. The molecule has 1 amide bonds. The van der Waals surface area contributed by atoms with Crippen molar-refractivity contribution in [3.05, 3.63) is 30.2 Å². The molecule has 148 valence electrons. The lowest BCUT2D eigenvalue weighted by Gasteiger charge is -2.16. The van der Waals surface area contributed by atoms with Gasteiger partial charge in [0.05, 0.1) is 19.0 Å². The summed E-state index contributed by atoms with van der Waals surface area (Å²) in [5.74, 6) is 0.950. The minimum absolute atomic E-state index is 0.0835. The SMILES string of the molecule is CCC(=O)N1CC[C@H](Oc2ncnc3sc(-c4cnc(OC)c(C#N)c4)cc23)C1. The maximum absolute atomic E-state index is 11.9. The van der Waals surface area contributed by atoms with Gasteiger partial charge in [-0.2, -0.15) is 5.26 Å². The number of pyridine rings is 1. The number of hydrogen-bond acceptors (Lipinski definition) is 8. The van der Waals surface area contributed by atoms with Crippen molar-refractivity contribution in [3.63, 3.8) is 0 Å². The first-order valence-corrected chi connectivity index (χ1v) is 10.1. The normalized spacial score (nSPS) is 16.0. The minimum atomic E-state index is -0.0835. The Balaban J connectivity index is 1.61. The smallest absolute Gasteiger partial charge is 0.231 e. The lowest BCUT2D eigenvalue weighted by molar-refractivity contribution is -0.130. The van der Waals surface area contributed by atoms with Gasteiger partial charge in [-0.3, -0.25) is 4.79 Å². The number of thiophene rings is 1. The number of likely N-dealkylation sites (tertiary alicyclic amines) is 1. The van der Waals surface area contributed by atoms with Gasteiger partial charge in [0, 0.05) is 36.0 Å². The lowest BCUT2D eigenvalue weighted by Crippen LogP contribution is -2.30. The Morgan fingerprint density at radius 1 is 1.34 bits per heavy atom. The van der Waals surface area contributed by atoms with Gasteiger partial charge in [0.2, 0.25) is 17.7 Å². The molecule has 0 aromatic carbocycles. The summed E-state index contributed by atoms with van der Waals surface area (Å²) in [7, 11) is 1.49. The highest BCUT2D eigenvalue weighted by Gasteiger charge is 2.27. The van der Waals surface area contributed by atoms with E-state index in [0.29, 0.717) is 36.8 Å². The third-order valence-corrected chi connectivity index (χ3v) is 5.91. The van der Waals surface area contributed by atoms with Crippen molar-refractivity contribution in [1.29, 1.82) is 5.26 Å². The Kier molecular flexibility index (Phi) is 5.27. The van der Waals surface area contributed by atoms with E-state index in [4.69, 9.17) is 9.47 Å². The lowest BCUT2D eigenvalue weighted by atomic mass is 10.1. The number of hydrogen-bond donors (Lipinski definition) is 0. The molecule has 0 saturated carbocycles. The molecule has 4 rings (SSSR count). The first kappa shape index (κ1) is 19.1. The predicted molar refractivity (Wildman–Crippen MR) is 108 cm³/mol. The molecule has 9 heteroatoms. The van der Waals surface area contributed by atoms with Crippen molar-refractivity contribution in [3.8, 4) is 28.3 Å². The van der Waals surface area contributed by atoms with E-state index in [1.807, 2.05) is 17.9 Å². The van der Waals surface area contributed by atoms with Crippen molar-refractivity contribution >= 4 is 27.5 Å². The van der Waals surface area contributed by atoms with Crippen LogP contribution in [0.4, 0.5) is 0 Å². The number of amides is 1. The van der Waals surface area contributed by atoms with E-state index in [1.165, 1.54) is 24.8 Å². The molecular weight excluding hydrogens is 390 g/mol. The molecule has 1 atom stereocenters. The van der Waals surface area contributed by atoms with Gasteiger partial charge in [-0.25, -0.2) is 15.0 Å². The fourth-order valence-corrected chi connectivity index (χ4v) is 4.30. The fraction of sp³-hybridized carbons (Fsp3) is 0.350. The van der Waals surface area contributed by atoms with Gasteiger partial charge in [-0.15, -0.1) is 11.3 Å². The molecule has 0 unspecified atom stereocenters. The van der Waals surface area contributed by atoms with Gasteiger partial charge in [-0.05, 0) is 12.1 Å². The first-order chi connectivity index (χ1) is 14.1. The summed E-state index contributed by atoms with van der Waals surface area (Å²) in [6.07, 6.45) is 4.35. The van der Waals surface area contributed by atoms with E-state index in [0.717, 1.165) is 27.1 Å². The largest absolute Gasteiger partial charge is 0.480 e. The number of rotatable bonds is 5. The van der Waals surface area contributed by atoms with Crippen molar-refractivity contribution in [2.45, 2.75) is 25.9 Å². The summed E-state index contributed by atoms with van der Waals surface area (Å²) in [5, 5.41) is 10.1. The van der Waals surface area contributed by atoms with Crippen LogP contribution in [-0.2, 0) is 4.79 Å². The van der Waals surface area contributed by atoms with Gasteiger partial charge < -0.3 is 14.4 Å². The topological polar surface area (TPSA) is 101 Å². The van der Waals surface area contributed by atoms with E-state index in [1.54, 1.807) is 12.3 Å². The van der Waals surface area contributed by atoms with E-state index >= 15 is 0 Å². The van der Waals surface area contributed by atoms with Crippen LogP contribution in [0.15, 0.2) is 24.7 Å². The van der Waals surface area contributed by atoms with Crippen LogP contribution in [0.5, 0.6) is 11.8 Å². The second-order valence-electron chi connectivity index (χ2n) is 6.62. The average molecular weight is 409 g/mol. The van der Waals surface area contributed by atoms with Gasteiger partial charge in [0.15, 0.2) is 0 Å². The summed E-state index contributed by atoms with van der Waals surface area (Å²) >= 11 is 1.48. The van der Waals surface area contributed by atoms with Crippen LogP contribution in [-0.4, -0.2) is 52.1 Å². The number of methoxy groups -OCH3 is 1. The van der Waals surface area contributed by atoms with Crippen LogP contribution in [0.1, 0.15) is 25.3 Å². The van der Waals surface area contributed by atoms with Crippen LogP contribution >= 0.6 is 11.3 Å². The molecule has 0 N–H and O–H groups in total. The second-order valence-corrected chi connectivity index (χ2v) is 7.65. The zero-order valence-electron chi connectivity index (χ0n) is 16.1. The summed E-state index contributed by atoms with van der Waals surface area (Å²) in [6, 6.07) is 5.79. The van der Waals surface area contributed by atoms with Gasteiger partial charge in [0.25, 0.3) is 0 Å². The maximum atomic E-state index is 11.9. The number of carbonyl (C=O) groups is 1. The van der Waals surface area contributed by atoms with Gasteiger partial charge in [-0.1, -0.05) is 6.92 Å². The molecule has 1 fully saturated rings. The van der Waals surface area contributed by atoms with Crippen molar-refractivity contribution in [1.82, 2.24) is 19.9 Å².